The van der Waals surface area contributed by atoms with Crippen molar-refractivity contribution in [2.75, 3.05) is 6.54 Å². The Morgan fingerprint density at radius 2 is 2.05 bits per heavy atom. The molecule has 1 atom stereocenters. The third kappa shape index (κ3) is 3.05. The highest BCUT2D eigenvalue weighted by molar-refractivity contribution is 5.86. The van der Waals surface area contributed by atoms with Gasteiger partial charge in [0, 0.05) is 31.9 Å². The Morgan fingerprint density at radius 3 is 2.65 bits per heavy atom. The van der Waals surface area contributed by atoms with Crippen LogP contribution in [0.5, 0.6) is 0 Å². The molecule has 0 aliphatic heterocycles. The first-order valence-corrected chi connectivity index (χ1v) is 6.61. The van der Waals surface area contributed by atoms with Crippen LogP contribution in [-0.4, -0.2) is 22.2 Å². The molecule has 1 unspecified atom stereocenters. The van der Waals surface area contributed by atoms with Crippen LogP contribution in [0.25, 0.3) is 0 Å². The van der Waals surface area contributed by atoms with Crippen LogP contribution < -0.4 is 11.1 Å². The summed E-state index contributed by atoms with van der Waals surface area (Å²) in [6.45, 7) is 2.26. The van der Waals surface area contributed by atoms with Gasteiger partial charge >= 0.3 is 0 Å². The fraction of sp³-hybridized carbons (Fsp3) is 0.333. The monoisotopic (exact) mass is 272 g/mol. The van der Waals surface area contributed by atoms with E-state index in [4.69, 9.17) is 5.73 Å². The number of aromatic nitrogens is 2. The van der Waals surface area contributed by atoms with Crippen molar-refractivity contribution in [3.63, 3.8) is 0 Å². The molecule has 1 amide bonds. The Morgan fingerprint density at radius 1 is 1.35 bits per heavy atom. The van der Waals surface area contributed by atoms with Gasteiger partial charge in [-0.05, 0) is 18.6 Å². The number of rotatable bonds is 5. The van der Waals surface area contributed by atoms with Crippen molar-refractivity contribution < 1.29 is 4.79 Å². The average Bonchev–Trinajstić information content (AvgIpc) is 2.85. The predicted octanol–water partition coefficient (Wildman–Crippen LogP) is 0.953. The van der Waals surface area contributed by atoms with Crippen LogP contribution in [0.3, 0.4) is 0 Å². The molecule has 0 aliphatic rings. The Labute approximate surface area is 118 Å². The van der Waals surface area contributed by atoms with Crippen molar-refractivity contribution in [1.82, 2.24) is 15.1 Å². The normalized spacial score (nSPS) is 13.8. The number of carbonyl (C=O) groups excluding carboxylic acids is 1. The Balaban J connectivity index is 1.93. The molecule has 0 saturated heterocycles. The summed E-state index contributed by atoms with van der Waals surface area (Å²) in [5.41, 5.74) is 7.00. The van der Waals surface area contributed by atoms with Crippen molar-refractivity contribution in [1.29, 1.82) is 0 Å². The van der Waals surface area contributed by atoms with E-state index in [1.165, 1.54) is 0 Å². The summed E-state index contributed by atoms with van der Waals surface area (Å²) in [6, 6.07) is 11.3. The first kappa shape index (κ1) is 14.3. The van der Waals surface area contributed by atoms with E-state index in [1.807, 2.05) is 43.4 Å². The van der Waals surface area contributed by atoms with Crippen molar-refractivity contribution in [3.8, 4) is 0 Å². The van der Waals surface area contributed by atoms with Gasteiger partial charge in [-0.3, -0.25) is 9.48 Å². The lowest BCUT2D eigenvalue weighted by atomic mass is 9.92. The summed E-state index contributed by atoms with van der Waals surface area (Å²) < 4.78 is 1.80. The molecular weight excluding hydrogens is 252 g/mol. The fourth-order valence-corrected chi connectivity index (χ4v) is 2.05. The van der Waals surface area contributed by atoms with E-state index in [0.717, 1.165) is 17.7 Å². The van der Waals surface area contributed by atoms with Crippen molar-refractivity contribution >= 4 is 5.91 Å². The molecule has 0 spiro atoms. The van der Waals surface area contributed by atoms with E-state index < -0.39 is 5.54 Å². The summed E-state index contributed by atoms with van der Waals surface area (Å²) >= 11 is 0. The highest BCUT2D eigenvalue weighted by atomic mass is 16.2. The summed E-state index contributed by atoms with van der Waals surface area (Å²) in [5, 5.41) is 6.97. The van der Waals surface area contributed by atoms with Crippen LogP contribution in [-0.2, 0) is 23.8 Å². The number of nitrogens with zero attached hydrogens (tertiary/aromatic N) is 2. The van der Waals surface area contributed by atoms with Crippen LogP contribution >= 0.6 is 0 Å². The molecule has 5 nitrogen and oxygen atoms in total. The molecule has 20 heavy (non-hydrogen) atoms. The molecule has 3 N–H and O–H groups in total. The van der Waals surface area contributed by atoms with Crippen LogP contribution in [0.2, 0.25) is 0 Å². The van der Waals surface area contributed by atoms with Gasteiger partial charge in [0.15, 0.2) is 0 Å². The number of nitrogens with one attached hydrogen (secondary N) is 1. The molecule has 0 bridgehead atoms. The highest BCUT2D eigenvalue weighted by Crippen LogP contribution is 2.17. The number of hydrogen-bond acceptors (Lipinski definition) is 3. The number of benzene rings is 1. The van der Waals surface area contributed by atoms with Gasteiger partial charge < -0.3 is 11.1 Å². The van der Waals surface area contributed by atoms with E-state index in [0.29, 0.717) is 6.54 Å². The molecule has 5 heteroatoms. The van der Waals surface area contributed by atoms with Gasteiger partial charge in [0.25, 0.3) is 0 Å². The maximum atomic E-state index is 12.2. The summed E-state index contributed by atoms with van der Waals surface area (Å²) in [5.74, 6) is -0.175. The Hall–Kier alpha value is -2.14. The first-order chi connectivity index (χ1) is 9.51. The largest absolute Gasteiger partial charge is 0.354 e. The topological polar surface area (TPSA) is 72.9 Å². The molecule has 1 aromatic heterocycles. The molecule has 1 heterocycles. The minimum atomic E-state index is -1.02. The third-order valence-corrected chi connectivity index (χ3v) is 3.43. The molecular formula is C15H20N4O. The highest BCUT2D eigenvalue weighted by Gasteiger charge is 2.29. The molecule has 0 aliphatic carbocycles. The standard InChI is InChI=1S/C15H20N4O/c1-15(16,12-6-4-3-5-7-12)14(20)17-10-8-13-9-11-18-19(13)2/h3-7,9,11H,8,10,16H2,1-2H3,(H,17,20). The van der Waals surface area contributed by atoms with Crippen LogP contribution in [0.1, 0.15) is 18.2 Å². The molecule has 0 fully saturated rings. The zero-order chi connectivity index (χ0) is 14.6. The lowest BCUT2D eigenvalue weighted by Crippen LogP contribution is -2.49. The third-order valence-electron chi connectivity index (χ3n) is 3.43. The summed E-state index contributed by atoms with van der Waals surface area (Å²) in [6.07, 6.45) is 2.47. The molecule has 106 valence electrons. The maximum Gasteiger partial charge on any atom is 0.244 e. The SMILES string of the molecule is Cn1nccc1CCNC(=O)C(C)(N)c1ccccc1. The van der Waals surface area contributed by atoms with E-state index in [1.54, 1.807) is 17.8 Å². The Kier molecular flexibility index (Phi) is 4.20. The van der Waals surface area contributed by atoms with Crippen LogP contribution in [0.15, 0.2) is 42.6 Å². The zero-order valence-corrected chi connectivity index (χ0v) is 11.8. The second kappa shape index (κ2) is 5.88. The van der Waals surface area contributed by atoms with Gasteiger partial charge in [0.05, 0.1) is 0 Å². The van der Waals surface area contributed by atoms with Gasteiger partial charge in [-0.25, -0.2) is 0 Å². The van der Waals surface area contributed by atoms with Crippen molar-refractivity contribution in [3.05, 3.63) is 53.9 Å². The van der Waals surface area contributed by atoms with Crippen LogP contribution in [0, 0.1) is 0 Å². The smallest absolute Gasteiger partial charge is 0.244 e. The van der Waals surface area contributed by atoms with Gasteiger partial charge in [-0.1, -0.05) is 30.3 Å². The average molecular weight is 272 g/mol. The number of nitrogens with two attached hydrogens (primary N) is 1. The van der Waals surface area contributed by atoms with Gasteiger partial charge in [-0.15, -0.1) is 0 Å². The van der Waals surface area contributed by atoms with E-state index >= 15 is 0 Å². The molecule has 2 aromatic rings. The quantitative estimate of drug-likeness (QED) is 0.851. The predicted molar refractivity (Wildman–Crippen MR) is 77.9 cm³/mol. The molecule has 1 aromatic carbocycles. The lowest BCUT2D eigenvalue weighted by molar-refractivity contribution is -0.126. The molecule has 0 radical (unpaired) electrons. The van der Waals surface area contributed by atoms with Gasteiger partial charge in [0.1, 0.15) is 5.54 Å². The van der Waals surface area contributed by atoms with Crippen LogP contribution in [0.4, 0.5) is 0 Å². The number of aryl methyl sites for hydroxylation is 1. The number of hydrogen-bond donors (Lipinski definition) is 2. The van der Waals surface area contributed by atoms with Crippen molar-refractivity contribution in [2.45, 2.75) is 18.9 Å². The van der Waals surface area contributed by atoms with Gasteiger partial charge in [-0.2, -0.15) is 5.10 Å². The van der Waals surface area contributed by atoms with E-state index in [9.17, 15) is 4.79 Å². The minimum absolute atomic E-state index is 0.175. The molecule has 2 rings (SSSR count). The summed E-state index contributed by atoms with van der Waals surface area (Å²) in [7, 11) is 1.88. The molecule has 0 saturated carbocycles. The summed E-state index contributed by atoms with van der Waals surface area (Å²) in [4.78, 5) is 12.2. The van der Waals surface area contributed by atoms with E-state index in [-0.39, 0.29) is 5.91 Å². The second-order valence-corrected chi connectivity index (χ2v) is 5.02. The second-order valence-electron chi connectivity index (χ2n) is 5.02. The maximum absolute atomic E-state index is 12.2. The Bertz CT molecular complexity index is 575. The number of carbonyl (C=O) groups is 1. The van der Waals surface area contributed by atoms with E-state index in [2.05, 4.69) is 10.4 Å². The van der Waals surface area contributed by atoms with Crippen molar-refractivity contribution in [2.24, 2.45) is 12.8 Å². The number of amides is 1. The lowest BCUT2D eigenvalue weighted by Gasteiger charge is -2.24. The zero-order valence-electron chi connectivity index (χ0n) is 11.8. The first-order valence-electron chi connectivity index (χ1n) is 6.61. The fourth-order valence-electron chi connectivity index (χ4n) is 2.05. The minimum Gasteiger partial charge on any atom is -0.354 e. The van der Waals surface area contributed by atoms with Gasteiger partial charge in [0.2, 0.25) is 5.91 Å².